The number of para-hydroxylation sites is 1. The molecule has 0 bridgehead atoms. The van der Waals surface area contributed by atoms with Crippen LogP contribution in [0.3, 0.4) is 0 Å². The van der Waals surface area contributed by atoms with E-state index in [1.54, 1.807) is 24.3 Å². The van der Waals surface area contributed by atoms with Crippen LogP contribution in [0.4, 0.5) is 4.39 Å². The van der Waals surface area contributed by atoms with Crippen LogP contribution in [0.5, 0.6) is 5.75 Å². The van der Waals surface area contributed by atoms with E-state index in [4.69, 9.17) is 11.6 Å². The topological polar surface area (TPSA) is 32.3 Å². The fourth-order valence-electron chi connectivity index (χ4n) is 1.65. The third-order valence-corrected chi connectivity index (χ3v) is 2.91. The van der Waals surface area contributed by atoms with E-state index in [1.807, 2.05) is 12.1 Å². The summed E-state index contributed by atoms with van der Waals surface area (Å²) in [6.45, 7) is 1.11. The van der Waals surface area contributed by atoms with Crippen LogP contribution in [0.1, 0.15) is 11.1 Å². The summed E-state index contributed by atoms with van der Waals surface area (Å²) >= 11 is 5.69. The van der Waals surface area contributed by atoms with Crippen molar-refractivity contribution in [3.8, 4) is 5.75 Å². The largest absolute Gasteiger partial charge is 0.508 e. The fourth-order valence-corrected chi connectivity index (χ4v) is 1.85. The molecule has 18 heavy (non-hydrogen) atoms. The molecule has 0 aliphatic carbocycles. The highest BCUT2D eigenvalue weighted by atomic mass is 35.5. The summed E-state index contributed by atoms with van der Waals surface area (Å²) in [5, 5.41) is 12.9. The van der Waals surface area contributed by atoms with Crippen LogP contribution >= 0.6 is 11.6 Å². The van der Waals surface area contributed by atoms with Crippen molar-refractivity contribution in [2.45, 2.75) is 13.1 Å². The molecule has 0 radical (unpaired) electrons. The Kier molecular flexibility index (Phi) is 4.18. The first kappa shape index (κ1) is 12.9. The fraction of sp³-hybridized carbons (Fsp3) is 0.143. The molecule has 2 aromatic rings. The number of benzene rings is 2. The second-order valence-electron chi connectivity index (χ2n) is 3.98. The van der Waals surface area contributed by atoms with Gasteiger partial charge < -0.3 is 10.4 Å². The maximum absolute atomic E-state index is 13.0. The lowest BCUT2D eigenvalue weighted by atomic mass is 10.2. The average Bonchev–Trinajstić information content (AvgIpc) is 2.36. The number of rotatable bonds is 4. The molecule has 4 heteroatoms. The predicted molar refractivity (Wildman–Crippen MR) is 70.1 cm³/mol. The maximum atomic E-state index is 13.0. The molecule has 2 rings (SSSR count). The third-order valence-electron chi connectivity index (χ3n) is 2.62. The van der Waals surface area contributed by atoms with Gasteiger partial charge in [0.05, 0.1) is 5.02 Å². The third kappa shape index (κ3) is 3.22. The minimum Gasteiger partial charge on any atom is -0.508 e. The number of hydrogen-bond acceptors (Lipinski definition) is 2. The molecule has 0 spiro atoms. The van der Waals surface area contributed by atoms with Gasteiger partial charge in [-0.2, -0.15) is 0 Å². The summed E-state index contributed by atoms with van der Waals surface area (Å²) in [4.78, 5) is 0. The number of hydrogen-bond donors (Lipinski definition) is 2. The Labute approximate surface area is 110 Å². The number of phenolic OH excluding ortho intramolecular Hbond substituents is 1. The van der Waals surface area contributed by atoms with Crippen molar-refractivity contribution in [1.29, 1.82) is 0 Å². The number of aromatic hydroxyl groups is 1. The van der Waals surface area contributed by atoms with Gasteiger partial charge in [0, 0.05) is 18.7 Å². The monoisotopic (exact) mass is 265 g/mol. The van der Waals surface area contributed by atoms with E-state index in [-0.39, 0.29) is 10.8 Å². The smallest absolute Gasteiger partial charge is 0.141 e. The van der Waals surface area contributed by atoms with E-state index in [0.717, 1.165) is 11.1 Å². The van der Waals surface area contributed by atoms with E-state index >= 15 is 0 Å². The van der Waals surface area contributed by atoms with Crippen molar-refractivity contribution in [3.63, 3.8) is 0 Å². The van der Waals surface area contributed by atoms with Gasteiger partial charge >= 0.3 is 0 Å². The van der Waals surface area contributed by atoms with Gasteiger partial charge in [-0.15, -0.1) is 0 Å². The van der Waals surface area contributed by atoms with Crippen molar-refractivity contribution in [3.05, 3.63) is 64.4 Å². The summed E-state index contributed by atoms with van der Waals surface area (Å²) < 4.78 is 13.0. The number of phenols is 1. The van der Waals surface area contributed by atoms with Crippen LogP contribution in [0.25, 0.3) is 0 Å². The Morgan fingerprint density at radius 1 is 1.11 bits per heavy atom. The van der Waals surface area contributed by atoms with Crippen LogP contribution < -0.4 is 5.32 Å². The van der Waals surface area contributed by atoms with Gasteiger partial charge in [-0.05, 0) is 23.8 Å². The standard InChI is InChI=1S/C14H13ClFNO/c15-12-7-10(5-6-13(12)16)8-17-9-11-3-1-2-4-14(11)18/h1-7,17-18H,8-9H2. The molecule has 2 N–H and O–H groups in total. The Hall–Kier alpha value is -1.58. The van der Waals surface area contributed by atoms with E-state index in [1.165, 1.54) is 6.07 Å². The van der Waals surface area contributed by atoms with Gasteiger partial charge in [0.1, 0.15) is 11.6 Å². The molecule has 0 aliphatic heterocycles. The van der Waals surface area contributed by atoms with E-state index in [9.17, 15) is 9.50 Å². The van der Waals surface area contributed by atoms with Gasteiger partial charge in [0.25, 0.3) is 0 Å². The molecule has 0 atom stereocenters. The van der Waals surface area contributed by atoms with Crippen molar-refractivity contribution in [2.75, 3.05) is 0 Å². The second kappa shape index (κ2) is 5.85. The normalized spacial score (nSPS) is 10.6. The highest BCUT2D eigenvalue weighted by Gasteiger charge is 2.02. The second-order valence-corrected chi connectivity index (χ2v) is 4.39. The molecular formula is C14H13ClFNO. The van der Waals surface area contributed by atoms with Gasteiger partial charge in [0.15, 0.2) is 0 Å². The molecule has 2 nitrogen and oxygen atoms in total. The summed E-state index contributed by atoms with van der Waals surface area (Å²) in [6.07, 6.45) is 0. The summed E-state index contributed by atoms with van der Waals surface area (Å²) in [7, 11) is 0. The van der Waals surface area contributed by atoms with Crippen molar-refractivity contribution < 1.29 is 9.50 Å². The quantitative estimate of drug-likeness (QED) is 0.887. The summed E-state index contributed by atoms with van der Waals surface area (Å²) in [5.41, 5.74) is 1.72. The lowest BCUT2D eigenvalue weighted by Gasteiger charge is -2.07. The van der Waals surface area contributed by atoms with Gasteiger partial charge in [-0.1, -0.05) is 35.9 Å². The molecule has 0 heterocycles. The summed E-state index contributed by atoms with van der Waals surface area (Å²) in [6, 6.07) is 11.8. The predicted octanol–water partition coefficient (Wildman–Crippen LogP) is 3.47. The molecule has 0 fully saturated rings. The molecular weight excluding hydrogens is 253 g/mol. The first-order valence-electron chi connectivity index (χ1n) is 5.58. The van der Waals surface area contributed by atoms with Gasteiger partial charge in [-0.25, -0.2) is 4.39 Å². The highest BCUT2D eigenvalue weighted by molar-refractivity contribution is 6.30. The lowest BCUT2D eigenvalue weighted by molar-refractivity contribution is 0.464. The Morgan fingerprint density at radius 2 is 1.89 bits per heavy atom. The van der Waals surface area contributed by atoms with Crippen molar-refractivity contribution in [1.82, 2.24) is 5.32 Å². The SMILES string of the molecule is Oc1ccccc1CNCc1ccc(F)c(Cl)c1. The van der Waals surface area contributed by atoms with E-state index in [2.05, 4.69) is 5.32 Å². The van der Waals surface area contributed by atoms with Crippen LogP contribution in [0, 0.1) is 5.82 Å². The average molecular weight is 266 g/mol. The van der Waals surface area contributed by atoms with Crippen LogP contribution in [-0.4, -0.2) is 5.11 Å². The Balaban J connectivity index is 1.92. The van der Waals surface area contributed by atoms with E-state index < -0.39 is 5.82 Å². The minimum absolute atomic E-state index is 0.122. The number of nitrogens with one attached hydrogen (secondary N) is 1. The zero-order valence-electron chi connectivity index (χ0n) is 9.66. The molecule has 0 saturated heterocycles. The first-order valence-corrected chi connectivity index (χ1v) is 5.96. The van der Waals surface area contributed by atoms with E-state index in [0.29, 0.717) is 13.1 Å². The van der Waals surface area contributed by atoms with Gasteiger partial charge in [-0.3, -0.25) is 0 Å². The van der Waals surface area contributed by atoms with Crippen LogP contribution in [0.2, 0.25) is 5.02 Å². The van der Waals surface area contributed by atoms with Gasteiger partial charge in [0.2, 0.25) is 0 Å². The number of halogens is 2. The molecule has 0 unspecified atom stereocenters. The lowest BCUT2D eigenvalue weighted by Crippen LogP contribution is -2.12. The Morgan fingerprint density at radius 3 is 2.61 bits per heavy atom. The maximum Gasteiger partial charge on any atom is 0.141 e. The molecule has 0 saturated carbocycles. The zero-order valence-corrected chi connectivity index (χ0v) is 10.4. The molecule has 0 amide bonds. The zero-order chi connectivity index (χ0) is 13.0. The molecule has 0 aliphatic rings. The molecule has 2 aromatic carbocycles. The Bertz CT molecular complexity index is 545. The minimum atomic E-state index is -0.416. The van der Waals surface area contributed by atoms with Crippen molar-refractivity contribution >= 4 is 11.6 Å². The highest BCUT2D eigenvalue weighted by Crippen LogP contribution is 2.17. The molecule has 0 aromatic heterocycles. The van der Waals surface area contributed by atoms with Crippen LogP contribution in [0.15, 0.2) is 42.5 Å². The molecule has 94 valence electrons. The first-order chi connectivity index (χ1) is 8.66. The van der Waals surface area contributed by atoms with Crippen LogP contribution in [-0.2, 0) is 13.1 Å². The van der Waals surface area contributed by atoms with Crippen molar-refractivity contribution in [2.24, 2.45) is 0 Å². The summed E-state index contributed by atoms with van der Waals surface area (Å²) in [5.74, 6) is -0.150.